The molecule has 1 fully saturated rings. The molecule has 1 heterocycles. The summed E-state index contributed by atoms with van der Waals surface area (Å²) in [5.74, 6) is 0. The maximum atomic E-state index is 8.76. The molecule has 3 nitrogen and oxygen atoms in total. The summed E-state index contributed by atoms with van der Waals surface area (Å²) in [6.07, 6.45) is 0.938. The van der Waals surface area contributed by atoms with Crippen molar-refractivity contribution in [3.05, 3.63) is 0 Å². The van der Waals surface area contributed by atoms with Crippen LogP contribution in [-0.4, -0.2) is 42.3 Å². The predicted molar refractivity (Wildman–Crippen MR) is 36.1 cm³/mol. The number of nitrogens with two attached hydrogens (primary N) is 1. The molecule has 3 N–H and O–H groups in total. The van der Waals surface area contributed by atoms with E-state index in [0.29, 0.717) is 6.04 Å². The molecular weight excluding hydrogens is 116 g/mol. The molecule has 0 spiro atoms. The lowest BCUT2D eigenvalue weighted by molar-refractivity contribution is 0.182. The van der Waals surface area contributed by atoms with E-state index in [2.05, 4.69) is 4.90 Å². The largest absolute Gasteiger partial charge is 0.395 e. The third-order valence-corrected chi connectivity index (χ3v) is 1.93. The smallest absolute Gasteiger partial charge is 0.0587 e. The molecule has 1 saturated heterocycles. The lowest BCUT2D eigenvalue weighted by Crippen LogP contribution is -2.28. The van der Waals surface area contributed by atoms with Crippen LogP contribution in [0.25, 0.3) is 0 Å². The summed E-state index contributed by atoms with van der Waals surface area (Å²) in [4.78, 5) is 2.10. The van der Waals surface area contributed by atoms with Gasteiger partial charge >= 0.3 is 0 Å². The Morgan fingerprint density at radius 1 is 1.78 bits per heavy atom. The van der Waals surface area contributed by atoms with E-state index in [0.717, 1.165) is 13.0 Å². The van der Waals surface area contributed by atoms with E-state index >= 15 is 0 Å². The minimum absolute atomic E-state index is 0.240. The van der Waals surface area contributed by atoms with E-state index < -0.39 is 0 Å². The van der Waals surface area contributed by atoms with E-state index in [1.807, 2.05) is 7.05 Å². The van der Waals surface area contributed by atoms with Crippen LogP contribution in [0.2, 0.25) is 0 Å². The van der Waals surface area contributed by atoms with Gasteiger partial charge in [-0.3, -0.25) is 4.90 Å². The maximum Gasteiger partial charge on any atom is 0.0587 e. The van der Waals surface area contributed by atoms with Gasteiger partial charge in [0.05, 0.1) is 6.61 Å². The Bertz CT molecular complexity index is 97.1. The molecular formula is C6H14N2O. The number of hydrogen-bond donors (Lipinski definition) is 2. The van der Waals surface area contributed by atoms with E-state index in [9.17, 15) is 0 Å². The van der Waals surface area contributed by atoms with Crippen molar-refractivity contribution in [2.45, 2.75) is 18.5 Å². The molecule has 2 atom stereocenters. The highest BCUT2D eigenvalue weighted by molar-refractivity contribution is 4.84. The van der Waals surface area contributed by atoms with Crippen LogP contribution < -0.4 is 5.73 Å². The number of likely N-dealkylation sites (N-methyl/N-ethyl adjacent to an activating group) is 1. The summed E-state index contributed by atoms with van der Waals surface area (Å²) in [5.41, 5.74) is 5.64. The van der Waals surface area contributed by atoms with Crippen molar-refractivity contribution in [3.8, 4) is 0 Å². The van der Waals surface area contributed by atoms with E-state index in [4.69, 9.17) is 10.8 Å². The van der Waals surface area contributed by atoms with Crippen molar-refractivity contribution in [3.63, 3.8) is 0 Å². The fraction of sp³-hybridized carbons (Fsp3) is 1.00. The standard InChI is InChI=1S/C6H14N2O/c1-8-3-5(7)2-6(8)4-9/h5-6,9H,2-4,7H2,1H3. The monoisotopic (exact) mass is 130 g/mol. The second-order valence-electron chi connectivity index (χ2n) is 2.77. The molecule has 0 aromatic carbocycles. The van der Waals surface area contributed by atoms with Crippen molar-refractivity contribution in [2.75, 3.05) is 20.2 Å². The average molecular weight is 130 g/mol. The summed E-state index contributed by atoms with van der Waals surface area (Å²) in [5, 5.41) is 8.76. The van der Waals surface area contributed by atoms with E-state index in [1.165, 1.54) is 0 Å². The quantitative estimate of drug-likeness (QED) is 0.479. The van der Waals surface area contributed by atoms with Crippen LogP contribution in [0, 0.1) is 0 Å². The van der Waals surface area contributed by atoms with Gasteiger partial charge in [0.15, 0.2) is 0 Å². The highest BCUT2D eigenvalue weighted by atomic mass is 16.3. The maximum absolute atomic E-state index is 8.76. The molecule has 3 heteroatoms. The second kappa shape index (κ2) is 2.64. The van der Waals surface area contributed by atoms with E-state index in [1.54, 1.807) is 0 Å². The number of likely N-dealkylation sites (tertiary alicyclic amines) is 1. The van der Waals surface area contributed by atoms with Crippen molar-refractivity contribution < 1.29 is 5.11 Å². The Morgan fingerprint density at radius 2 is 2.44 bits per heavy atom. The zero-order chi connectivity index (χ0) is 6.85. The zero-order valence-corrected chi connectivity index (χ0v) is 5.75. The summed E-state index contributed by atoms with van der Waals surface area (Å²) < 4.78 is 0. The Labute approximate surface area is 55.5 Å². The minimum Gasteiger partial charge on any atom is -0.395 e. The normalized spacial score (nSPS) is 37.7. The van der Waals surface area contributed by atoms with Gasteiger partial charge in [-0.15, -0.1) is 0 Å². The molecule has 0 radical (unpaired) electrons. The van der Waals surface area contributed by atoms with Gasteiger partial charge in [0, 0.05) is 18.6 Å². The van der Waals surface area contributed by atoms with Crippen molar-refractivity contribution in [2.24, 2.45) is 5.73 Å². The van der Waals surface area contributed by atoms with Gasteiger partial charge in [-0.05, 0) is 13.5 Å². The lowest BCUT2D eigenvalue weighted by Gasteiger charge is -2.14. The molecule has 1 aliphatic heterocycles. The van der Waals surface area contributed by atoms with Crippen molar-refractivity contribution in [1.29, 1.82) is 0 Å². The summed E-state index contributed by atoms with van der Waals surface area (Å²) in [6, 6.07) is 0.576. The number of hydrogen-bond acceptors (Lipinski definition) is 3. The number of aliphatic hydroxyl groups excluding tert-OH is 1. The second-order valence-corrected chi connectivity index (χ2v) is 2.77. The van der Waals surface area contributed by atoms with Crippen LogP contribution in [-0.2, 0) is 0 Å². The Hall–Kier alpha value is -0.120. The molecule has 2 unspecified atom stereocenters. The molecule has 9 heavy (non-hydrogen) atoms. The SMILES string of the molecule is CN1CC(N)CC1CO. The van der Waals surface area contributed by atoms with Crippen LogP contribution in [0.4, 0.5) is 0 Å². The molecule has 0 aromatic rings. The fourth-order valence-corrected chi connectivity index (χ4v) is 1.34. The first-order valence-electron chi connectivity index (χ1n) is 3.30. The van der Waals surface area contributed by atoms with Crippen LogP contribution >= 0.6 is 0 Å². The highest BCUT2D eigenvalue weighted by Crippen LogP contribution is 2.12. The molecule has 1 rings (SSSR count). The zero-order valence-electron chi connectivity index (χ0n) is 5.75. The van der Waals surface area contributed by atoms with Gasteiger partial charge < -0.3 is 10.8 Å². The third kappa shape index (κ3) is 1.41. The minimum atomic E-state index is 0.240. The molecule has 1 aliphatic rings. The molecule has 0 amide bonds. The Morgan fingerprint density at radius 3 is 2.67 bits per heavy atom. The van der Waals surface area contributed by atoms with Gasteiger partial charge in [-0.2, -0.15) is 0 Å². The Kier molecular flexibility index (Phi) is 2.05. The molecule has 54 valence electrons. The molecule has 0 aromatic heterocycles. The van der Waals surface area contributed by atoms with Gasteiger partial charge in [-0.25, -0.2) is 0 Å². The number of aliphatic hydroxyl groups is 1. The van der Waals surface area contributed by atoms with Crippen LogP contribution in [0.5, 0.6) is 0 Å². The van der Waals surface area contributed by atoms with Gasteiger partial charge in [-0.1, -0.05) is 0 Å². The number of rotatable bonds is 1. The van der Waals surface area contributed by atoms with Gasteiger partial charge in [0.25, 0.3) is 0 Å². The summed E-state index contributed by atoms with van der Waals surface area (Å²) in [6.45, 7) is 1.16. The molecule has 0 bridgehead atoms. The first-order valence-corrected chi connectivity index (χ1v) is 3.30. The Balaban J connectivity index is 2.38. The lowest BCUT2D eigenvalue weighted by atomic mass is 10.2. The van der Waals surface area contributed by atoms with E-state index in [-0.39, 0.29) is 12.6 Å². The molecule has 0 saturated carbocycles. The van der Waals surface area contributed by atoms with Crippen molar-refractivity contribution >= 4 is 0 Å². The average Bonchev–Trinajstić information content (AvgIpc) is 2.10. The van der Waals surface area contributed by atoms with Crippen LogP contribution in [0.1, 0.15) is 6.42 Å². The summed E-state index contributed by atoms with van der Waals surface area (Å²) >= 11 is 0. The number of nitrogens with zero attached hydrogens (tertiary/aromatic N) is 1. The van der Waals surface area contributed by atoms with Crippen LogP contribution in [0.3, 0.4) is 0 Å². The van der Waals surface area contributed by atoms with Gasteiger partial charge in [0.2, 0.25) is 0 Å². The third-order valence-electron chi connectivity index (χ3n) is 1.93. The van der Waals surface area contributed by atoms with Crippen LogP contribution in [0.15, 0.2) is 0 Å². The molecule has 0 aliphatic carbocycles. The first-order chi connectivity index (χ1) is 4.24. The topological polar surface area (TPSA) is 49.5 Å². The predicted octanol–water partition coefficient (Wildman–Crippen LogP) is -0.990. The highest BCUT2D eigenvalue weighted by Gasteiger charge is 2.25. The summed E-state index contributed by atoms with van der Waals surface area (Å²) in [7, 11) is 1.99. The van der Waals surface area contributed by atoms with Crippen molar-refractivity contribution in [1.82, 2.24) is 4.90 Å². The van der Waals surface area contributed by atoms with Gasteiger partial charge in [0.1, 0.15) is 0 Å². The first kappa shape index (κ1) is 6.99. The fourth-order valence-electron chi connectivity index (χ4n) is 1.34.